The summed E-state index contributed by atoms with van der Waals surface area (Å²) in [6.45, 7) is 3.74. The number of rotatable bonds is 14. The molecule has 7 nitrogen and oxygen atoms in total. The SMILES string of the molecule is C=C(CC(=O)CO)C(=O)OCCCCCCOc1ccc(/C=C/C(=O)OC)cc1. The molecule has 158 valence electrons. The van der Waals surface area contributed by atoms with Crippen LogP contribution < -0.4 is 4.74 Å². The van der Waals surface area contributed by atoms with Crippen molar-refractivity contribution in [2.24, 2.45) is 0 Å². The van der Waals surface area contributed by atoms with E-state index in [1.165, 1.54) is 13.2 Å². The first kappa shape index (κ1) is 24.1. The monoisotopic (exact) mass is 404 g/mol. The van der Waals surface area contributed by atoms with Crippen LogP contribution in [0.25, 0.3) is 6.08 Å². The molecule has 0 aliphatic carbocycles. The third-order valence-electron chi connectivity index (χ3n) is 3.91. The Morgan fingerprint density at radius 1 is 1.03 bits per heavy atom. The number of aliphatic hydroxyl groups is 1. The number of methoxy groups -OCH3 is 1. The Hall–Kier alpha value is -2.93. The van der Waals surface area contributed by atoms with Crippen LogP contribution in [0.15, 0.2) is 42.5 Å². The van der Waals surface area contributed by atoms with Crippen molar-refractivity contribution in [1.29, 1.82) is 0 Å². The van der Waals surface area contributed by atoms with Gasteiger partial charge in [-0.1, -0.05) is 18.7 Å². The predicted octanol–water partition coefficient (Wildman–Crippen LogP) is 2.86. The maximum absolute atomic E-state index is 11.6. The van der Waals surface area contributed by atoms with Gasteiger partial charge >= 0.3 is 11.9 Å². The van der Waals surface area contributed by atoms with Crippen molar-refractivity contribution in [3.63, 3.8) is 0 Å². The van der Waals surface area contributed by atoms with Crippen LogP contribution in [0.2, 0.25) is 0 Å². The molecule has 0 saturated heterocycles. The number of aliphatic hydroxyl groups excluding tert-OH is 1. The van der Waals surface area contributed by atoms with Gasteiger partial charge in [0.05, 0.1) is 20.3 Å². The van der Waals surface area contributed by atoms with E-state index in [4.69, 9.17) is 14.6 Å². The van der Waals surface area contributed by atoms with Gasteiger partial charge in [0, 0.05) is 18.1 Å². The maximum atomic E-state index is 11.6. The quantitative estimate of drug-likeness (QED) is 0.289. The van der Waals surface area contributed by atoms with Crippen LogP contribution in [-0.2, 0) is 23.9 Å². The first-order chi connectivity index (χ1) is 14.0. The molecule has 0 radical (unpaired) electrons. The number of ether oxygens (including phenoxy) is 3. The van der Waals surface area contributed by atoms with E-state index < -0.39 is 24.3 Å². The summed E-state index contributed by atoms with van der Waals surface area (Å²) in [4.78, 5) is 33.7. The standard InChI is InChI=1S/C22H28O7/c1-17(15-19(24)16-23)22(26)29-14-6-4-3-5-13-28-20-10-7-18(8-11-20)9-12-21(25)27-2/h7-12,23H,1,3-6,13-16H2,2H3/b12-9+. The van der Waals surface area contributed by atoms with E-state index in [1.54, 1.807) is 6.08 Å². The molecule has 0 spiro atoms. The molecule has 1 rings (SSSR count). The Kier molecular flexibility index (Phi) is 11.7. The summed E-state index contributed by atoms with van der Waals surface area (Å²) in [6.07, 6.45) is 6.25. The van der Waals surface area contributed by atoms with Crippen LogP contribution in [-0.4, -0.2) is 49.8 Å². The molecule has 0 aromatic heterocycles. The average Bonchev–Trinajstić information content (AvgIpc) is 2.74. The van der Waals surface area contributed by atoms with Crippen LogP contribution in [0, 0.1) is 0 Å². The van der Waals surface area contributed by atoms with Crippen LogP contribution in [0.5, 0.6) is 5.75 Å². The Labute approximate surface area is 171 Å². The molecule has 0 amide bonds. The largest absolute Gasteiger partial charge is 0.494 e. The fraction of sp³-hybridized carbons (Fsp3) is 0.409. The average molecular weight is 404 g/mol. The van der Waals surface area contributed by atoms with Crippen molar-refractivity contribution < 1.29 is 33.7 Å². The van der Waals surface area contributed by atoms with E-state index in [0.29, 0.717) is 13.0 Å². The fourth-order valence-electron chi connectivity index (χ4n) is 2.29. The summed E-state index contributed by atoms with van der Waals surface area (Å²) in [5, 5.41) is 8.64. The predicted molar refractivity (Wildman–Crippen MR) is 108 cm³/mol. The summed E-state index contributed by atoms with van der Waals surface area (Å²) in [7, 11) is 1.33. The van der Waals surface area contributed by atoms with Gasteiger partial charge < -0.3 is 19.3 Å². The van der Waals surface area contributed by atoms with Crippen LogP contribution in [0.3, 0.4) is 0 Å². The van der Waals surface area contributed by atoms with Crippen LogP contribution in [0.1, 0.15) is 37.7 Å². The van der Waals surface area contributed by atoms with Crippen molar-refractivity contribution in [3.8, 4) is 5.75 Å². The van der Waals surface area contributed by atoms with Gasteiger partial charge in [0.25, 0.3) is 0 Å². The molecule has 0 unspecified atom stereocenters. The van der Waals surface area contributed by atoms with E-state index in [2.05, 4.69) is 11.3 Å². The third-order valence-corrected chi connectivity index (χ3v) is 3.91. The van der Waals surface area contributed by atoms with E-state index in [0.717, 1.165) is 30.6 Å². The molecule has 7 heteroatoms. The maximum Gasteiger partial charge on any atom is 0.333 e. The molecule has 0 aliphatic rings. The summed E-state index contributed by atoms with van der Waals surface area (Å²) >= 11 is 0. The third kappa shape index (κ3) is 10.8. The Morgan fingerprint density at radius 2 is 1.69 bits per heavy atom. The van der Waals surface area contributed by atoms with Gasteiger partial charge in [-0.2, -0.15) is 0 Å². The molecule has 1 aromatic carbocycles. The molecule has 1 aromatic rings. The zero-order valence-electron chi connectivity index (χ0n) is 16.7. The highest BCUT2D eigenvalue weighted by Gasteiger charge is 2.12. The lowest BCUT2D eigenvalue weighted by Gasteiger charge is -2.07. The molecular formula is C22H28O7. The molecule has 0 fully saturated rings. The first-order valence-electron chi connectivity index (χ1n) is 9.42. The molecule has 0 atom stereocenters. The Balaban J connectivity index is 2.10. The van der Waals surface area contributed by atoms with Crippen molar-refractivity contribution >= 4 is 23.8 Å². The molecule has 0 saturated carbocycles. The van der Waals surface area contributed by atoms with Crippen molar-refractivity contribution in [2.45, 2.75) is 32.1 Å². The summed E-state index contributed by atoms with van der Waals surface area (Å²) in [5.74, 6) is -0.703. The van der Waals surface area contributed by atoms with Gasteiger partial charge in [0.2, 0.25) is 0 Å². The van der Waals surface area contributed by atoms with Crippen molar-refractivity contribution in [3.05, 3.63) is 48.1 Å². The van der Waals surface area contributed by atoms with E-state index in [-0.39, 0.29) is 18.6 Å². The van der Waals surface area contributed by atoms with Crippen LogP contribution in [0.4, 0.5) is 0 Å². The normalized spacial score (nSPS) is 10.6. The molecular weight excluding hydrogens is 376 g/mol. The minimum atomic E-state index is -0.606. The lowest BCUT2D eigenvalue weighted by Crippen LogP contribution is -2.13. The van der Waals surface area contributed by atoms with Crippen LogP contribution >= 0.6 is 0 Å². The lowest BCUT2D eigenvalue weighted by atomic mass is 10.1. The number of unbranched alkanes of at least 4 members (excludes halogenated alkanes) is 3. The zero-order chi connectivity index (χ0) is 21.5. The van der Waals surface area contributed by atoms with Gasteiger partial charge in [-0.3, -0.25) is 4.79 Å². The number of hydrogen-bond donors (Lipinski definition) is 1. The number of carbonyl (C=O) groups is 3. The smallest absolute Gasteiger partial charge is 0.333 e. The molecule has 0 heterocycles. The Bertz CT molecular complexity index is 704. The van der Waals surface area contributed by atoms with Gasteiger partial charge in [-0.25, -0.2) is 9.59 Å². The van der Waals surface area contributed by atoms with Gasteiger partial charge in [0.1, 0.15) is 12.4 Å². The van der Waals surface area contributed by atoms with Crippen molar-refractivity contribution in [2.75, 3.05) is 26.9 Å². The minimum absolute atomic E-state index is 0.0595. The number of carbonyl (C=O) groups excluding carboxylic acids is 3. The lowest BCUT2D eigenvalue weighted by molar-refractivity contribution is -0.140. The van der Waals surface area contributed by atoms with E-state index >= 15 is 0 Å². The second-order valence-electron chi connectivity index (χ2n) is 6.30. The minimum Gasteiger partial charge on any atom is -0.494 e. The molecule has 0 aliphatic heterocycles. The summed E-state index contributed by atoms with van der Waals surface area (Å²) in [6, 6.07) is 7.38. The topological polar surface area (TPSA) is 99.1 Å². The first-order valence-corrected chi connectivity index (χ1v) is 9.42. The highest BCUT2D eigenvalue weighted by atomic mass is 16.5. The molecule has 0 bridgehead atoms. The number of hydrogen-bond acceptors (Lipinski definition) is 7. The number of ketones is 1. The highest BCUT2D eigenvalue weighted by molar-refractivity contribution is 5.95. The van der Waals surface area contributed by atoms with Gasteiger partial charge in [-0.05, 0) is 49.5 Å². The van der Waals surface area contributed by atoms with E-state index in [9.17, 15) is 14.4 Å². The number of esters is 2. The van der Waals surface area contributed by atoms with Gasteiger partial charge in [0.15, 0.2) is 5.78 Å². The number of Topliss-reactive ketones (excluding diaryl/α,β-unsaturated/α-hetero) is 1. The molecule has 1 N–H and O–H groups in total. The number of benzene rings is 1. The highest BCUT2D eigenvalue weighted by Crippen LogP contribution is 2.14. The second-order valence-corrected chi connectivity index (χ2v) is 6.30. The molecule has 29 heavy (non-hydrogen) atoms. The zero-order valence-corrected chi connectivity index (χ0v) is 16.7. The van der Waals surface area contributed by atoms with Crippen molar-refractivity contribution in [1.82, 2.24) is 0 Å². The second kappa shape index (κ2) is 14.1. The van der Waals surface area contributed by atoms with Gasteiger partial charge in [-0.15, -0.1) is 0 Å². The summed E-state index contributed by atoms with van der Waals surface area (Å²) < 4.78 is 15.2. The Morgan fingerprint density at radius 3 is 2.31 bits per heavy atom. The fourth-order valence-corrected chi connectivity index (χ4v) is 2.29. The summed E-state index contributed by atoms with van der Waals surface area (Å²) in [5.41, 5.74) is 0.935. The van der Waals surface area contributed by atoms with E-state index in [1.807, 2.05) is 24.3 Å².